The number of likely N-dealkylation sites (tertiary alicyclic amines) is 1. The predicted octanol–water partition coefficient (Wildman–Crippen LogP) is 3.28. The highest BCUT2D eigenvalue weighted by Gasteiger charge is 2.29. The number of aryl methyl sites for hydroxylation is 2. The minimum atomic E-state index is -0.141. The molecule has 6 heteroatoms. The first-order valence-corrected chi connectivity index (χ1v) is 10.9. The summed E-state index contributed by atoms with van der Waals surface area (Å²) >= 11 is 1.45. The summed E-state index contributed by atoms with van der Waals surface area (Å²) in [4.78, 5) is 27.6. The molecule has 1 aliphatic heterocycles. The fourth-order valence-corrected chi connectivity index (χ4v) is 4.75. The summed E-state index contributed by atoms with van der Waals surface area (Å²) < 4.78 is 5.80. The van der Waals surface area contributed by atoms with Crippen molar-refractivity contribution in [3.8, 4) is 5.75 Å². The summed E-state index contributed by atoms with van der Waals surface area (Å²) in [5, 5.41) is 4.88. The highest BCUT2D eigenvalue weighted by Crippen LogP contribution is 2.26. The zero-order chi connectivity index (χ0) is 19.3. The lowest BCUT2D eigenvalue weighted by molar-refractivity contribution is -0.126. The van der Waals surface area contributed by atoms with Crippen LogP contribution >= 0.6 is 11.3 Å². The number of rotatable bonds is 6. The smallest absolute Gasteiger partial charge is 0.263 e. The molecule has 2 aliphatic rings. The van der Waals surface area contributed by atoms with E-state index in [0.29, 0.717) is 19.7 Å². The normalized spacial score (nSPS) is 18.6. The van der Waals surface area contributed by atoms with Gasteiger partial charge >= 0.3 is 0 Å². The maximum atomic E-state index is 12.5. The Morgan fingerprint density at radius 1 is 1.18 bits per heavy atom. The second-order valence-corrected chi connectivity index (χ2v) is 8.44. The van der Waals surface area contributed by atoms with Crippen molar-refractivity contribution < 1.29 is 14.3 Å². The van der Waals surface area contributed by atoms with Crippen LogP contribution in [0, 0.1) is 5.92 Å². The lowest BCUT2D eigenvalue weighted by atomic mass is 9.97. The monoisotopic (exact) mass is 398 g/mol. The molecular weight excluding hydrogens is 372 g/mol. The van der Waals surface area contributed by atoms with Gasteiger partial charge in [-0.05, 0) is 66.8 Å². The fourth-order valence-electron chi connectivity index (χ4n) is 4.06. The van der Waals surface area contributed by atoms with Gasteiger partial charge in [0.15, 0.2) is 0 Å². The topological polar surface area (TPSA) is 58.6 Å². The molecule has 0 radical (unpaired) electrons. The van der Waals surface area contributed by atoms with E-state index in [9.17, 15) is 9.59 Å². The zero-order valence-electron chi connectivity index (χ0n) is 16.0. The van der Waals surface area contributed by atoms with Crippen LogP contribution in [-0.2, 0) is 17.6 Å². The highest BCUT2D eigenvalue weighted by atomic mass is 32.1. The Bertz CT molecular complexity index is 834. The van der Waals surface area contributed by atoms with Gasteiger partial charge in [0.25, 0.3) is 5.91 Å². The van der Waals surface area contributed by atoms with Crippen LogP contribution in [0.25, 0.3) is 0 Å². The van der Waals surface area contributed by atoms with Gasteiger partial charge in [0, 0.05) is 13.1 Å². The standard InChI is InChI=1S/C22H26N2O3S/c25-21(18-6-2-11-24(15-18)22(26)20-7-3-13-28-20)23-10-12-27-19-9-8-16-4-1-5-17(16)14-19/h3,7-9,13-14,18H,1-2,4-6,10-12,15H2,(H,23,25). The molecule has 0 bridgehead atoms. The van der Waals surface area contributed by atoms with Gasteiger partial charge in [-0.1, -0.05) is 12.1 Å². The fraction of sp³-hybridized carbons (Fsp3) is 0.455. The molecule has 1 saturated heterocycles. The number of hydrogen-bond acceptors (Lipinski definition) is 4. The first-order chi connectivity index (χ1) is 13.7. The minimum absolute atomic E-state index is 0.0150. The molecule has 0 saturated carbocycles. The van der Waals surface area contributed by atoms with Gasteiger partial charge < -0.3 is 15.0 Å². The molecule has 1 atom stereocenters. The molecule has 4 rings (SSSR count). The molecule has 2 heterocycles. The van der Waals surface area contributed by atoms with Crippen LogP contribution in [0.4, 0.5) is 0 Å². The van der Waals surface area contributed by atoms with Gasteiger partial charge in [-0.2, -0.15) is 0 Å². The second kappa shape index (κ2) is 8.78. The number of thiophene rings is 1. The third kappa shape index (κ3) is 4.38. The predicted molar refractivity (Wildman–Crippen MR) is 110 cm³/mol. The summed E-state index contributed by atoms with van der Waals surface area (Å²) in [6.07, 6.45) is 5.21. The van der Waals surface area contributed by atoms with Crippen molar-refractivity contribution in [2.75, 3.05) is 26.2 Å². The van der Waals surface area contributed by atoms with Crippen LogP contribution in [0.1, 0.15) is 40.1 Å². The van der Waals surface area contributed by atoms with E-state index in [-0.39, 0.29) is 17.7 Å². The summed E-state index contributed by atoms with van der Waals surface area (Å²) in [7, 11) is 0. The van der Waals surface area contributed by atoms with Crippen LogP contribution in [0.15, 0.2) is 35.7 Å². The van der Waals surface area contributed by atoms with Gasteiger partial charge in [-0.15, -0.1) is 11.3 Å². The Hall–Kier alpha value is -2.34. The van der Waals surface area contributed by atoms with Crippen molar-refractivity contribution in [2.45, 2.75) is 32.1 Å². The SMILES string of the molecule is O=C(NCCOc1ccc2c(c1)CCC2)C1CCCN(C(=O)c2cccs2)C1. The number of carbonyl (C=O) groups is 2. The number of carbonyl (C=O) groups excluding carboxylic acids is 2. The molecule has 5 nitrogen and oxygen atoms in total. The molecule has 0 spiro atoms. The lowest BCUT2D eigenvalue weighted by Crippen LogP contribution is -2.45. The number of nitrogens with zero attached hydrogens (tertiary/aromatic N) is 1. The molecule has 148 valence electrons. The van der Waals surface area contributed by atoms with E-state index in [4.69, 9.17) is 4.74 Å². The van der Waals surface area contributed by atoms with Crippen molar-refractivity contribution >= 4 is 23.2 Å². The average Bonchev–Trinajstić information content (AvgIpc) is 3.42. The van der Waals surface area contributed by atoms with Crippen molar-refractivity contribution in [1.82, 2.24) is 10.2 Å². The van der Waals surface area contributed by atoms with Crippen LogP contribution < -0.4 is 10.1 Å². The van der Waals surface area contributed by atoms with Gasteiger partial charge in [-0.3, -0.25) is 9.59 Å². The van der Waals surface area contributed by atoms with Gasteiger partial charge in [0.05, 0.1) is 17.3 Å². The Labute approximate surface area is 169 Å². The molecule has 1 N–H and O–H groups in total. The molecule has 1 aromatic heterocycles. The van der Waals surface area contributed by atoms with Crippen molar-refractivity contribution in [3.63, 3.8) is 0 Å². The largest absolute Gasteiger partial charge is 0.492 e. The number of piperidine rings is 1. The molecule has 28 heavy (non-hydrogen) atoms. The average molecular weight is 399 g/mol. The maximum Gasteiger partial charge on any atom is 0.263 e. The van der Waals surface area contributed by atoms with Crippen molar-refractivity contribution in [2.24, 2.45) is 5.92 Å². The quantitative estimate of drug-likeness (QED) is 0.760. The zero-order valence-corrected chi connectivity index (χ0v) is 16.8. The van der Waals surface area contributed by atoms with E-state index >= 15 is 0 Å². The molecule has 2 aromatic rings. The van der Waals surface area contributed by atoms with Crippen molar-refractivity contribution in [1.29, 1.82) is 0 Å². The Morgan fingerprint density at radius 2 is 2.07 bits per heavy atom. The van der Waals surface area contributed by atoms with Crippen LogP contribution in [-0.4, -0.2) is 43.0 Å². The number of amides is 2. The Morgan fingerprint density at radius 3 is 2.93 bits per heavy atom. The van der Waals surface area contributed by atoms with E-state index in [2.05, 4.69) is 17.4 Å². The lowest BCUT2D eigenvalue weighted by Gasteiger charge is -2.31. The van der Waals surface area contributed by atoms with E-state index < -0.39 is 0 Å². The summed E-state index contributed by atoms with van der Waals surface area (Å²) in [6, 6.07) is 10.0. The van der Waals surface area contributed by atoms with Gasteiger partial charge in [0.1, 0.15) is 12.4 Å². The van der Waals surface area contributed by atoms with Crippen LogP contribution in [0.2, 0.25) is 0 Å². The van der Waals surface area contributed by atoms with Crippen molar-refractivity contribution in [3.05, 3.63) is 51.7 Å². The number of benzene rings is 1. The van der Waals surface area contributed by atoms with E-state index in [1.54, 1.807) is 4.90 Å². The molecule has 2 amide bonds. The Balaban J connectivity index is 1.22. The number of ether oxygens (including phenoxy) is 1. The number of hydrogen-bond donors (Lipinski definition) is 1. The second-order valence-electron chi connectivity index (χ2n) is 7.49. The third-order valence-corrected chi connectivity index (χ3v) is 6.41. The number of nitrogens with one attached hydrogen (secondary N) is 1. The van der Waals surface area contributed by atoms with E-state index in [0.717, 1.165) is 36.4 Å². The summed E-state index contributed by atoms with van der Waals surface area (Å²) in [5.41, 5.74) is 2.82. The van der Waals surface area contributed by atoms with Gasteiger partial charge in [0.2, 0.25) is 5.91 Å². The summed E-state index contributed by atoms with van der Waals surface area (Å²) in [6.45, 7) is 2.15. The minimum Gasteiger partial charge on any atom is -0.492 e. The molecule has 1 unspecified atom stereocenters. The molecule has 1 fully saturated rings. The molecule has 1 aliphatic carbocycles. The molecule has 1 aromatic carbocycles. The summed E-state index contributed by atoms with van der Waals surface area (Å²) in [5.74, 6) is 0.784. The highest BCUT2D eigenvalue weighted by molar-refractivity contribution is 7.12. The Kier molecular flexibility index (Phi) is 5.95. The van der Waals surface area contributed by atoms with E-state index in [1.165, 1.54) is 35.3 Å². The van der Waals surface area contributed by atoms with E-state index in [1.807, 2.05) is 23.6 Å². The van der Waals surface area contributed by atoms with Gasteiger partial charge in [-0.25, -0.2) is 0 Å². The third-order valence-electron chi connectivity index (χ3n) is 5.55. The van der Waals surface area contributed by atoms with Crippen LogP contribution in [0.5, 0.6) is 5.75 Å². The first-order valence-electron chi connectivity index (χ1n) is 10.1. The maximum absolute atomic E-state index is 12.5. The molecular formula is C22H26N2O3S. The first kappa shape index (κ1) is 19.0. The van der Waals surface area contributed by atoms with Crippen LogP contribution in [0.3, 0.4) is 0 Å². The number of fused-ring (bicyclic) bond motifs is 1.